The van der Waals surface area contributed by atoms with Crippen molar-refractivity contribution in [1.82, 2.24) is 25.0 Å². The molecule has 15 nitrogen and oxygen atoms in total. The third-order valence-corrected chi connectivity index (χ3v) is 14.5. The van der Waals surface area contributed by atoms with Gasteiger partial charge in [-0.2, -0.15) is 18.4 Å². The summed E-state index contributed by atoms with van der Waals surface area (Å²) < 4.78 is 40.5. The van der Waals surface area contributed by atoms with Gasteiger partial charge in [0.05, 0.1) is 45.9 Å². The van der Waals surface area contributed by atoms with Crippen LogP contribution in [0.25, 0.3) is 0 Å². The summed E-state index contributed by atoms with van der Waals surface area (Å²) in [7, 11) is 0. The number of carbonyl (C=O) groups excluding carboxylic acids is 5. The predicted octanol–water partition coefficient (Wildman–Crippen LogP) is 4.98. The molecule has 1 aromatic heterocycles. The molecule has 0 radical (unpaired) electrons. The zero-order valence-electron chi connectivity index (χ0n) is 36.9. The lowest BCUT2D eigenvalue weighted by atomic mass is 9.94. The Kier molecular flexibility index (Phi) is 13.0. The molecule has 1 atom stereocenters. The van der Waals surface area contributed by atoms with E-state index in [-0.39, 0.29) is 24.7 Å². The highest BCUT2D eigenvalue weighted by Crippen LogP contribution is 2.38. The largest absolute Gasteiger partial charge is 0.417 e. The molecule has 18 heteroatoms. The highest BCUT2D eigenvalue weighted by Gasteiger charge is 2.46. The van der Waals surface area contributed by atoms with Crippen LogP contribution in [0.2, 0.25) is 0 Å². The van der Waals surface area contributed by atoms with Crippen molar-refractivity contribution in [2.75, 3.05) is 98.6 Å². The van der Waals surface area contributed by atoms with E-state index in [9.17, 15) is 37.1 Å². The molecule has 0 bridgehead atoms. The number of anilines is 4. The summed E-state index contributed by atoms with van der Waals surface area (Å²) >= 11 is 0. The number of piperazine rings is 1. The molecule has 5 fully saturated rings. The normalized spacial score (nSPS) is 22.1. The number of rotatable bonds is 10. The Morgan fingerprint density at radius 1 is 0.742 bits per heavy atom. The molecule has 0 aliphatic carbocycles. The highest BCUT2D eigenvalue weighted by molar-refractivity contribution is 6.25. The van der Waals surface area contributed by atoms with Crippen LogP contribution < -0.4 is 25.3 Å². The van der Waals surface area contributed by atoms with E-state index in [2.05, 4.69) is 35.2 Å². The van der Waals surface area contributed by atoms with Crippen LogP contribution >= 0.6 is 0 Å². The maximum atomic E-state index is 13.7. The molecule has 0 spiro atoms. The molecule has 2 aromatic carbocycles. The number of piperidine rings is 4. The van der Waals surface area contributed by atoms with E-state index in [1.807, 2.05) is 23.1 Å². The van der Waals surface area contributed by atoms with Gasteiger partial charge in [0.15, 0.2) is 0 Å². The van der Waals surface area contributed by atoms with Crippen molar-refractivity contribution in [3.05, 3.63) is 77.0 Å². The van der Waals surface area contributed by atoms with Crippen LogP contribution in [0.5, 0.6) is 0 Å². The van der Waals surface area contributed by atoms with Crippen molar-refractivity contribution in [2.24, 2.45) is 17.8 Å². The monoisotopic (exact) mass is 908 g/mol. The van der Waals surface area contributed by atoms with Gasteiger partial charge in [0.25, 0.3) is 11.8 Å². The molecular weight excluding hydrogens is 854 g/mol. The average molecular weight is 909 g/mol. The molecule has 1 unspecified atom stereocenters. The van der Waals surface area contributed by atoms with Crippen LogP contribution in [0.4, 0.5) is 36.1 Å². The van der Waals surface area contributed by atoms with Gasteiger partial charge in [-0.05, 0) is 99.2 Å². The zero-order chi connectivity index (χ0) is 46.1. The number of fused-ring (bicyclic) bond motifs is 1. The van der Waals surface area contributed by atoms with E-state index in [4.69, 9.17) is 5.26 Å². The molecule has 2 N–H and O–H groups in total. The number of aromatic nitrogens is 1. The van der Waals surface area contributed by atoms with Crippen LogP contribution in [0.15, 0.2) is 54.7 Å². The molecule has 5 amide bonds. The Morgan fingerprint density at radius 2 is 1.35 bits per heavy atom. The van der Waals surface area contributed by atoms with Crippen LogP contribution in [0.1, 0.15) is 83.2 Å². The van der Waals surface area contributed by atoms with E-state index >= 15 is 0 Å². The van der Waals surface area contributed by atoms with Crippen molar-refractivity contribution in [3.63, 3.8) is 0 Å². The van der Waals surface area contributed by atoms with Crippen LogP contribution in [0.3, 0.4) is 0 Å². The highest BCUT2D eigenvalue weighted by atomic mass is 19.4. The van der Waals surface area contributed by atoms with Crippen molar-refractivity contribution in [2.45, 2.75) is 63.6 Å². The summed E-state index contributed by atoms with van der Waals surface area (Å²) in [6, 6.07) is 13.5. The van der Waals surface area contributed by atoms with Crippen LogP contribution in [-0.2, 0) is 20.6 Å². The van der Waals surface area contributed by atoms with E-state index in [0.717, 1.165) is 113 Å². The van der Waals surface area contributed by atoms with E-state index in [0.29, 0.717) is 60.4 Å². The van der Waals surface area contributed by atoms with Crippen LogP contribution in [-0.4, -0.2) is 134 Å². The fraction of sp³-hybridized carbons (Fsp3) is 0.521. The fourth-order valence-electron chi connectivity index (χ4n) is 10.7. The topological polar surface area (TPSA) is 166 Å². The number of nitrogens with one attached hydrogen (secondary N) is 2. The lowest BCUT2D eigenvalue weighted by Crippen LogP contribution is -2.54. The smallest absolute Gasteiger partial charge is 0.371 e. The predicted molar refractivity (Wildman–Crippen MR) is 240 cm³/mol. The van der Waals surface area contributed by atoms with Crippen molar-refractivity contribution in [1.29, 1.82) is 5.26 Å². The molecule has 348 valence electrons. The summed E-state index contributed by atoms with van der Waals surface area (Å²) in [5.74, 6) is -0.741. The molecule has 66 heavy (non-hydrogen) atoms. The Bertz CT molecular complexity index is 2380. The Hall–Kier alpha value is -6.06. The SMILES string of the molecule is N#Cc1ccc(N2CCC(C(=O)Nc3ccc(N4CCC(CN5CCN(CC6CCN(c7cccc8c7C(=O)N(C7CCC(=O)NC7=O)C8=O)CC6)CC5)CC4)cn3)CC2)cc1C(F)(F)F. The summed E-state index contributed by atoms with van der Waals surface area (Å²) in [6.45, 7) is 10.6. The van der Waals surface area contributed by atoms with Gasteiger partial charge in [0, 0.05) is 96.6 Å². The standard InChI is InChI=1S/C48H55F3N10O5/c49-48(50,51)38-26-35(5-4-34(38)27-52)58-20-14-33(15-21-58)44(63)54-41-8-6-36(28-53-41)59-16-10-31(11-17-59)29-56-22-24-57(25-23-56)30-32-12-18-60(19-13-32)39-3-1-2-37-43(39)47(66)61(46(37)65)40-7-9-42(62)55-45(40)64/h1-6,8,26,28,31-33,40H,7,9-25,29-30H2,(H,53,54,63)(H,55,62,64). The van der Waals surface area contributed by atoms with E-state index in [1.54, 1.807) is 24.4 Å². The number of alkyl halides is 3. The average Bonchev–Trinajstić information content (AvgIpc) is 3.58. The minimum atomic E-state index is -4.62. The quantitative estimate of drug-likeness (QED) is 0.263. The number of imide groups is 2. The maximum Gasteiger partial charge on any atom is 0.417 e. The molecule has 5 saturated heterocycles. The Morgan fingerprint density at radius 3 is 1.94 bits per heavy atom. The second-order valence-corrected chi connectivity index (χ2v) is 18.6. The minimum absolute atomic E-state index is 0.0879. The first-order valence-corrected chi connectivity index (χ1v) is 23.3. The molecule has 7 heterocycles. The lowest BCUT2D eigenvalue weighted by molar-refractivity contribution is -0.138. The molecule has 3 aromatic rings. The fourth-order valence-corrected chi connectivity index (χ4v) is 10.7. The summed E-state index contributed by atoms with van der Waals surface area (Å²) in [4.78, 5) is 81.5. The lowest BCUT2D eigenvalue weighted by Gasteiger charge is -2.41. The van der Waals surface area contributed by atoms with Gasteiger partial charge in [-0.1, -0.05) is 6.07 Å². The summed E-state index contributed by atoms with van der Waals surface area (Å²) in [6.07, 6.45) is 2.54. The molecular formula is C48H55F3N10O5. The van der Waals surface area contributed by atoms with Gasteiger partial charge in [0.2, 0.25) is 17.7 Å². The third kappa shape index (κ3) is 9.59. The number of nitrogens with zero attached hydrogens (tertiary/aromatic N) is 8. The number of amides is 5. The Balaban J connectivity index is 0.670. The molecule has 0 saturated carbocycles. The van der Waals surface area contributed by atoms with Gasteiger partial charge >= 0.3 is 6.18 Å². The molecule has 9 rings (SSSR count). The molecule has 6 aliphatic heterocycles. The van der Waals surface area contributed by atoms with Crippen molar-refractivity contribution < 1.29 is 37.1 Å². The van der Waals surface area contributed by atoms with Gasteiger partial charge in [0.1, 0.15) is 11.9 Å². The maximum absolute atomic E-state index is 13.7. The first-order valence-electron chi connectivity index (χ1n) is 23.3. The summed E-state index contributed by atoms with van der Waals surface area (Å²) in [5, 5.41) is 14.3. The van der Waals surface area contributed by atoms with Gasteiger partial charge in [-0.15, -0.1) is 0 Å². The number of nitriles is 1. The van der Waals surface area contributed by atoms with Gasteiger partial charge < -0.3 is 29.8 Å². The number of hydrogen-bond donors (Lipinski definition) is 2. The number of carbonyl (C=O) groups is 5. The summed E-state index contributed by atoms with van der Waals surface area (Å²) in [5.41, 5.74) is 1.47. The third-order valence-electron chi connectivity index (χ3n) is 14.5. The first kappa shape index (κ1) is 45.1. The van der Waals surface area contributed by atoms with E-state index in [1.165, 1.54) is 12.1 Å². The van der Waals surface area contributed by atoms with Crippen molar-refractivity contribution in [3.8, 4) is 6.07 Å². The number of benzene rings is 2. The Labute approximate surface area is 381 Å². The number of hydrogen-bond acceptors (Lipinski definition) is 12. The van der Waals surface area contributed by atoms with Crippen LogP contribution in [0, 0.1) is 29.1 Å². The number of halogens is 3. The van der Waals surface area contributed by atoms with Gasteiger partial charge in [-0.3, -0.25) is 34.2 Å². The number of pyridine rings is 1. The van der Waals surface area contributed by atoms with Gasteiger partial charge in [-0.25, -0.2) is 4.98 Å². The minimum Gasteiger partial charge on any atom is -0.371 e. The molecule has 6 aliphatic rings. The van der Waals surface area contributed by atoms with E-state index < -0.39 is 47.0 Å². The second kappa shape index (κ2) is 19.0. The first-order chi connectivity index (χ1) is 31.8. The second-order valence-electron chi connectivity index (χ2n) is 18.6. The van der Waals surface area contributed by atoms with Crippen molar-refractivity contribution >= 4 is 52.4 Å². The zero-order valence-corrected chi connectivity index (χ0v) is 36.9.